The first-order valence-corrected chi connectivity index (χ1v) is 9.26. The van der Waals surface area contributed by atoms with Crippen molar-refractivity contribution in [2.75, 3.05) is 0 Å². The summed E-state index contributed by atoms with van der Waals surface area (Å²) < 4.78 is 7.19. The van der Waals surface area contributed by atoms with Crippen molar-refractivity contribution in [2.24, 2.45) is 0 Å². The van der Waals surface area contributed by atoms with E-state index in [4.69, 9.17) is 16.3 Å². The lowest BCUT2D eigenvalue weighted by Gasteiger charge is -2.21. The lowest BCUT2D eigenvalue weighted by Crippen LogP contribution is -2.27. The molecule has 1 N–H and O–H groups in total. The molecule has 142 valence electrons. The summed E-state index contributed by atoms with van der Waals surface area (Å²) in [5, 5.41) is 3.18. The number of nitrogens with one attached hydrogen (secondary N) is 1. The standard InChI is InChI=1S/C22H19ClN2O3/c1-22(2,3)28-21(27)25-19-7-4-13(12-26)8-14(19)9-20(25)15-5-6-18(23)17-11-24-10-16(15)17/h4-12,24H,1-3H3. The van der Waals surface area contributed by atoms with Crippen molar-refractivity contribution >= 4 is 45.7 Å². The molecule has 6 heteroatoms. The summed E-state index contributed by atoms with van der Waals surface area (Å²) >= 11 is 6.31. The van der Waals surface area contributed by atoms with Gasteiger partial charge in [-0.05, 0) is 51.1 Å². The molecule has 0 fully saturated rings. The average Bonchev–Trinajstić information content (AvgIpc) is 3.25. The van der Waals surface area contributed by atoms with Crippen molar-refractivity contribution in [3.8, 4) is 11.3 Å². The third-order valence-corrected chi connectivity index (χ3v) is 4.83. The van der Waals surface area contributed by atoms with E-state index in [9.17, 15) is 9.59 Å². The Bertz CT molecular complexity index is 1230. The predicted molar refractivity (Wildman–Crippen MR) is 111 cm³/mol. The topological polar surface area (TPSA) is 64.1 Å². The van der Waals surface area contributed by atoms with Crippen molar-refractivity contribution in [2.45, 2.75) is 26.4 Å². The molecule has 28 heavy (non-hydrogen) atoms. The average molecular weight is 395 g/mol. The maximum atomic E-state index is 13.1. The fraction of sp³-hybridized carbons (Fsp3) is 0.182. The molecule has 0 aliphatic rings. The SMILES string of the molecule is CC(C)(C)OC(=O)n1c(-c2ccc(Cl)c3c[nH]cc23)cc2cc(C=O)ccc21. The summed E-state index contributed by atoms with van der Waals surface area (Å²) in [7, 11) is 0. The Morgan fingerprint density at radius 3 is 2.57 bits per heavy atom. The van der Waals surface area contributed by atoms with Gasteiger partial charge >= 0.3 is 6.09 Å². The first kappa shape index (κ1) is 18.3. The predicted octanol–water partition coefficient (Wildman–Crippen LogP) is 6.04. The molecule has 2 heterocycles. The zero-order chi connectivity index (χ0) is 20.1. The van der Waals surface area contributed by atoms with Gasteiger partial charge in [-0.25, -0.2) is 9.36 Å². The lowest BCUT2D eigenvalue weighted by molar-refractivity contribution is 0.0547. The highest BCUT2D eigenvalue weighted by Gasteiger charge is 2.24. The van der Waals surface area contributed by atoms with Gasteiger partial charge in [0.05, 0.1) is 11.2 Å². The number of halogens is 1. The van der Waals surface area contributed by atoms with Crippen LogP contribution in [0.1, 0.15) is 31.1 Å². The van der Waals surface area contributed by atoms with Gasteiger partial charge in [0, 0.05) is 44.7 Å². The molecule has 2 aromatic carbocycles. The molecular weight excluding hydrogens is 376 g/mol. The second-order valence-electron chi connectivity index (χ2n) is 7.66. The number of carbonyl (C=O) groups excluding carboxylic acids is 2. The minimum Gasteiger partial charge on any atom is -0.443 e. The van der Waals surface area contributed by atoms with Crippen LogP contribution in [0.15, 0.2) is 48.8 Å². The fourth-order valence-corrected chi connectivity index (χ4v) is 3.57. The van der Waals surface area contributed by atoms with Gasteiger partial charge in [0.15, 0.2) is 0 Å². The van der Waals surface area contributed by atoms with Crippen LogP contribution in [0.5, 0.6) is 0 Å². The third-order valence-electron chi connectivity index (χ3n) is 4.50. The molecule has 0 radical (unpaired) electrons. The Morgan fingerprint density at radius 1 is 1.11 bits per heavy atom. The normalized spacial score (nSPS) is 11.9. The number of carbonyl (C=O) groups is 2. The maximum absolute atomic E-state index is 13.1. The van der Waals surface area contributed by atoms with Crippen molar-refractivity contribution < 1.29 is 14.3 Å². The van der Waals surface area contributed by atoms with Crippen LogP contribution in [0.25, 0.3) is 32.9 Å². The number of fused-ring (bicyclic) bond motifs is 2. The number of aromatic nitrogens is 2. The van der Waals surface area contributed by atoms with Crippen LogP contribution < -0.4 is 0 Å². The number of aldehydes is 1. The highest BCUT2D eigenvalue weighted by atomic mass is 35.5. The van der Waals surface area contributed by atoms with Crippen LogP contribution in [0.2, 0.25) is 5.02 Å². The molecule has 4 aromatic rings. The summed E-state index contributed by atoms with van der Waals surface area (Å²) in [5.74, 6) is 0. The Hall–Kier alpha value is -3.05. The van der Waals surface area contributed by atoms with E-state index >= 15 is 0 Å². The smallest absolute Gasteiger partial charge is 0.419 e. The number of nitrogens with zero attached hydrogens (tertiary/aromatic N) is 1. The molecular formula is C22H19ClN2O3. The second-order valence-corrected chi connectivity index (χ2v) is 8.07. The molecule has 0 saturated carbocycles. The molecule has 5 nitrogen and oxygen atoms in total. The van der Waals surface area contributed by atoms with Gasteiger partial charge in [-0.15, -0.1) is 0 Å². The monoisotopic (exact) mass is 394 g/mol. The number of H-pyrrole nitrogens is 1. The molecule has 0 saturated heterocycles. The van der Waals surface area contributed by atoms with Crippen molar-refractivity contribution in [1.82, 2.24) is 9.55 Å². The highest BCUT2D eigenvalue weighted by Crippen LogP contribution is 2.36. The van der Waals surface area contributed by atoms with Crippen LogP contribution in [0.4, 0.5) is 4.79 Å². The largest absolute Gasteiger partial charge is 0.443 e. The van der Waals surface area contributed by atoms with Crippen molar-refractivity contribution in [3.05, 3.63) is 59.4 Å². The minimum absolute atomic E-state index is 0.477. The zero-order valence-corrected chi connectivity index (χ0v) is 16.5. The number of hydrogen-bond donors (Lipinski definition) is 1. The van der Waals surface area contributed by atoms with E-state index in [0.29, 0.717) is 21.8 Å². The molecule has 0 atom stereocenters. The Kier molecular flexibility index (Phi) is 4.27. The van der Waals surface area contributed by atoms with E-state index in [1.807, 2.05) is 45.3 Å². The molecule has 0 amide bonds. The van der Waals surface area contributed by atoms with Gasteiger partial charge in [-0.3, -0.25) is 4.79 Å². The molecule has 0 aliphatic heterocycles. The molecule has 2 aromatic heterocycles. The Morgan fingerprint density at radius 2 is 1.86 bits per heavy atom. The quantitative estimate of drug-likeness (QED) is 0.421. The fourth-order valence-electron chi connectivity index (χ4n) is 3.35. The molecule has 0 spiro atoms. The van der Waals surface area contributed by atoms with E-state index in [1.165, 1.54) is 0 Å². The summed E-state index contributed by atoms with van der Waals surface area (Å²) in [5.41, 5.74) is 2.09. The van der Waals surface area contributed by atoms with Gasteiger partial charge in [0.25, 0.3) is 0 Å². The molecule has 0 aliphatic carbocycles. The van der Waals surface area contributed by atoms with Crippen LogP contribution in [0.3, 0.4) is 0 Å². The van der Waals surface area contributed by atoms with E-state index in [2.05, 4.69) is 4.98 Å². The highest BCUT2D eigenvalue weighted by molar-refractivity contribution is 6.36. The lowest BCUT2D eigenvalue weighted by atomic mass is 10.1. The van der Waals surface area contributed by atoms with Gasteiger partial charge in [0.2, 0.25) is 0 Å². The van der Waals surface area contributed by atoms with Gasteiger partial charge < -0.3 is 9.72 Å². The number of benzene rings is 2. The number of hydrogen-bond acceptors (Lipinski definition) is 3. The van der Waals surface area contributed by atoms with Crippen molar-refractivity contribution in [1.29, 1.82) is 0 Å². The van der Waals surface area contributed by atoms with Crippen LogP contribution in [0, 0.1) is 0 Å². The second kappa shape index (κ2) is 6.53. The summed E-state index contributed by atoms with van der Waals surface area (Å²) in [6, 6.07) is 10.8. The Labute approximate surface area is 166 Å². The third kappa shape index (κ3) is 3.08. The van der Waals surface area contributed by atoms with Crippen molar-refractivity contribution in [3.63, 3.8) is 0 Å². The van der Waals surface area contributed by atoms with Crippen LogP contribution >= 0.6 is 11.6 Å². The van der Waals surface area contributed by atoms with Crippen LogP contribution in [-0.4, -0.2) is 27.5 Å². The van der Waals surface area contributed by atoms with Gasteiger partial charge in [-0.1, -0.05) is 17.7 Å². The minimum atomic E-state index is -0.642. The summed E-state index contributed by atoms with van der Waals surface area (Å²) in [6.45, 7) is 5.48. The molecule has 0 bridgehead atoms. The molecule has 4 rings (SSSR count). The van der Waals surface area contributed by atoms with E-state index in [0.717, 1.165) is 28.0 Å². The number of aromatic amines is 1. The zero-order valence-electron chi connectivity index (χ0n) is 15.7. The van der Waals surface area contributed by atoms with E-state index in [1.54, 1.807) is 28.8 Å². The van der Waals surface area contributed by atoms with E-state index in [-0.39, 0.29) is 0 Å². The Balaban J connectivity index is 2.02. The van der Waals surface area contributed by atoms with Gasteiger partial charge in [0.1, 0.15) is 11.9 Å². The first-order valence-electron chi connectivity index (χ1n) is 8.88. The summed E-state index contributed by atoms with van der Waals surface area (Å²) in [4.78, 5) is 27.3. The van der Waals surface area contributed by atoms with Gasteiger partial charge in [-0.2, -0.15) is 0 Å². The number of rotatable bonds is 2. The summed E-state index contributed by atoms with van der Waals surface area (Å²) in [6.07, 6.45) is 3.99. The maximum Gasteiger partial charge on any atom is 0.419 e. The first-order chi connectivity index (χ1) is 13.3. The molecule has 0 unspecified atom stereocenters. The van der Waals surface area contributed by atoms with Crippen LogP contribution in [-0.2, 0) is 4.74 Å². The number of ether oxygens (including phenoxy) is 1. The van der Waals surface area contributed by atoms with E-state index < -0.39 is 11.7 Å².